The Morgan fingerprint density at radius 1 is 1.00 bits per heavy atom. The number of anilines is 1. The van der Waals surface area contributed by atoms with Gasteiger partial charge < -0.3 is 24.8 Å². The van der Waals surface area contributed by atoms with Crippen molar-refractivity contribution in [1.82, 2.24) is 24.8 Å². The fourth-order valence-electron chi connectivity index (χ4n) is 7.72. The molecule has 214 valence electrons. The van der Waals surface area contributed by atoms with E-state index in [-0.39, 0.29) is 17.9 Å². The highest BCUT2D eigenvalue weighted by atomic mass is 35.5. The average Bonchev–Trinajstić information content (AvgIpc) is 3.46. The van der Waals surface area contributed by atoms with Gasteiger partial charge in [0.15, 0.2) is 5.15 Å². The van der Waals surface area contributed by atoms with Crippen LogP contribution in [0.3, 0.4) is 0 Å². The number of likely N-dealkylation sites (tertiary alicyclic amines) is 2. The summed E-state index contributed by atoms with van der Waals surface area (Å²) in [5.74, 6) is -0.00951. The monoisotopic (exact) mass is 574 g/mol. The van der Waals surface area contributed by atoms with Crippen molar-refractivity contribution < 1.29 is 14.7 Å². The van der Waals surface area contributed by atoms with Gasteiger partial charge >= 0.3 is 0 Å². The molecular formula is C31H35ClN6O3. The molecule has 0 bridgehead atoms. The Morgan fingerprint density at radius 2 is 1.76 bits per heavy atom. The molecule has 2 saturated carbocycles. The van der Waals surface area contributed by atoms with Crippen LogP contribution in [0.2, 0.25) is 5.15 Å². The average molecular weight is 575 g/mol. The molecule has 2 aromatic heterocycles. The van der Waals surface area contributed by atoms with E-state index in [1.54, 1.807) is 11.2 Å². The van der Waals surface area contributed by atoms with Crippen molar-refractivity contribution in [3.8, 4) is 11.3 Å². The standard InChI is InChI=1S/C31H35ClN6O3/c32-27-26-24(33-18-34-26)17-23(35-27)19-4-5-22-25(14-19)38(21-15-20(16-21)36-10-2-1-3-11-36)28(39)30(22)8-12-37(13-9-30)29(40)31(41)6-7-31/h4-5,14,17-18,20-21,41H,1-3,6-13,15-16H2,(H,33,34). The summed E-state index contributed by atoms with van der Waals surface area (Å²) in [6.07, 6.45) is 9.66. The van der Waals surface area contributed by atoms with E-state index < -0.39 is 11.0 Å². The number of hydrogen-bond acceptors (Lipinski definition) is 6. The Bertz CT molecular complexity index is 1550. The van der Waals surface area contributed by atoms with Gasteiger partial charge in [-0.1, -0.05) is 30.2 Å². The molecule has 2 aliphatic carbocycles. The number of benzene rings is 1. The summed E-state index contributed by atoms with van der Waals surface area (Å²) in [4.78, 5) is 45.9. The molecule has 41 heavy (non-hydrogen) atoms. The lowest BCUT2D eigenvalue weighted by Gasteiger charge is -2.48. The number of halogens is 1. The molecule has 8 rings (SSSR count). The lowest BCUT2D eigenvalue weighted by molar-refractivity contribution is -0.145. The van der Waals surface area contributed by atoms with Gasteiger partial charge in [0, 0.05) is 36.4 Å². The Labute approximate surface area is 243 Å². The number of fused-ring (bicyclic) bond motifs is 3. The van der Waals surface area contributed by atoms with Gasteiger partial charge in [0.05, 0.1) is 23.0 Å². The van der Waals surface area contributed by atoms with Crippen molar-refractivity contribution in [2.24, 2.45) is 0 Å². The number of aromatic nitrogens is 3. The largest absolute Gasteiger partial charge is 0.380 e. The van der Waals surface area contributed by atoms with Crippen molar-refractivity contribution in [2.45, 2.75) is 80.9 Å². The maximum atomic E-state index is 14.5. The minimum atomic E-state index is -1.18. The van der Waals surface area contributed by atoms with Crippen LogP contribution < -0.4 is 4.90 Å². The first-order valence-corrected chi connectivity index (χ1v) is 15.5. The highest BCUT2D eigenvalue weighted by molar-refractivity contribution is 6.33. The number of rotatable bonds is 4. The van der Waals surface area contributed by atoms with Gasteiger partial charge in [0.1, 0.15) is 11.1 Å². The molecule has 9 nitrogen and oxygen atoms in total. The molecule has 2 N–H and O–H groups in total. The second-order valence-electron chi connectivity index (χ2n) is 12.8. The zero-order valence-corrected chi connectivity index (χ0v) is 23.9. The SMILES string of the molecule is O=C(N1CCC2(CC1)C(=O)N(C1CC(N3CCCCC3)C1)c1cc(-c3cc4[nH]cnc4c(Cl)n3)ccc12)C1(O)CC1. The summed E-state index contributed by atoms with van der Waals surface area (Å²) >= 11 is 6.47. The van der Waals surface area contributed by atoms with E-state index in [4.69, 9.17) is 11.6 Å². The molecule has 0 atom stereocenters. The fourth-order valence-corrected chi connectivity index (χ4v) is 7.96. The van der Waals surface area contributed by atoms with Crippen molar-refractivity contribution in [3.05, 3.63) is 41.3 Å². The van der Waals surface area contributed by atoms with Crippen LogP contribution in [0.15, 0.2) is 30.6 Å². The van der Waals surface area contributed by atoms with Crippen LogP contribution in [-0.4, -0.2) is 85.5 Å². The number of pyridine rings is 1. The predicted molar refractivity (Wildman–Crippen MR) is 156 cm³/mol. The Balaban J connectivity index is 1.13. The number of imidazole rings is 1. The van der Waals surface area contributed by atoms with E-state index in [9.17, 15) is 14.7 Å². The maximum absolute atomic E-state index is 14.5. The summed E-state index contributed by atoms with van der Waals surface area (Å²) in [6, 6.07) is 8.92. The first-order chi connectivity index (χ1) is 19.9. The molecule has 1 aromatic carbocycles. The minimum absolute atomic E-state index is 0.166. The van der Waals surface area contributed by atoms with Gasteiger partial charge in [-0.15, -0.1) is 0 Å². The lowest BCUT2D eigenvalue weighted by Crippen LogP contribution is -2.58. The fraction of sp³-hybridized carbons (Fsp3) is 0.548. The number of piperidine rings is 2. The van der Waals surface area contributed by atoms with E-state index in [0.717, 1.165) is 54.0 Å². The number of amides is 2. The third-order valence-corrected chi connectivity index (χ3v) is 10.7. The van der Waals surface area contributed by atoms with Gasteiger partial charge in [0.25, 0.3) is 5.91 Å². The Kier molecular flexibility index (Phi) is 5.79. The van der Waals surface area contributed by atoms with Crippen LogP contribution in [0.5, 0.6) is 0 Å². The van der Waals surface area contributed by atoms with Gasteiger partial charge in [-0.2, -0.15) is 0 Å². The molecule has 10 heteroatoms. The van der Waals surface area contributed by atoms with Crippen molar-refractivity contribution in [1.29, 1.82) is 0 Å². The first-order valence-electron chi connectivity index (χ1n) is 15.1. The molecule has 3 aromatic rings. The Hall–Kier alpha value is -3.01. The van der Waals surface area contributed by atoms with Gasteiger partial charge in [0.2, 0.25) is 5.91 Å². The Morgan fingerprint density at radius 3 is 2.49 bits per heavy atom. The molecule has 2 amide bonds. The van der Waals surface area contributed by atoms with Crippen LogP contribution in [0.25, 0.3) is 22.3 Å². The number of nitrogens with zero attached hydrogens (tertiary/aromatic N) is 5. The van der Waals surface area contributed by atoms with Crippen LogP contribution in [0.4, 0.5) is 5.69 Å². The quantitative estimate of drug-likeness (QED) is 0.456. The van der Waals surface area contributed by atoms with Crippen LogP contribution in [0.1, 0.15) is 63.4 Å². The highest BCUT2D eigenvalue weighted by Gasteiger charge is 2.57. The summed E-state index contributed by atoms with van der Waals surface area (Å²) in [7, 11) is 0. The molecular weight excluding hydrogens is 540 g/mol. The van der Waals surface area contributed by atoms with E-state index in [1.807, 2.05) is 12.1 Å². The molecule has 5 aliphatic rings. The third kappa shape index (κ3) is 3.96. The van der Waals surface area contributed by atoms with Crippen molar-refractivity contribution in [3.63, 3.8) is 0 Å². The molecule has 2 saturated heterocycles. The number of nitrogens with one attached hydrogen (secondary N) is 1. The third-order valence-electron chi connectivity index (χ3n) is 10.4. The minimum Gasteiger partial charge on any atom is -0.380 e. The number of aromatic amines is 1. The number of hydrogen-bond donors (Lipinski definition) is 2. The van der Waals surface area contributed by atoms with Crippen LogP contribution in [-0.2, 0) is 15.0 Å². The van der Waals surface area contributed by atoms with Crippen molar-refractivity contribution in [2.75, 3.05) is 31.1 Å². The molecule has 0 radical (unpaired) electrons. The highest BCUT2D eigenvalue weighted by Crippen LogP contribution is 2.52. The first kappa shape index (κ1) is 25.7. The summed E-state index contributed by atoms with van der Waals surface area (Å²) in [6.45, 7) is 3.29. The topological polar surface area (TPSA) is 106 Å². The van der Waals surface area contributed by atoms with Crippen LogP contribution >= 0.6 is 11.6 Å². The second-order valence-corrected chi connectivity index (χ2v) is 13.1. The van der Waals surface area contributed by atoms with E-state index in [1.165, 1.54) is 19.3 Å². The number of carbonyl (C=O) groups is 2. The summed E-state index contributed by atoms with van der Waals surface area (Å²) in [5, 5.41) is 10.8. The normalized spacial score (nSPS) is 26.8. The molecule has 5 heterocycles. The number of H-pyrrole nitrogens is 1. The molecule has 1 spiro atoms. The lowest BCUT2D eigenvalue weighted by atomic mass is 9.73. The van der Waals surface area contributed by atoms with Gasteiger partial charge in [-0.25, -0.2) is 9.97 Å². The zero-order chi connectivity index (χ0) is 27.9. The number of aliphatic hydroxyl groups is 1. The van der Waals surface area contributed by atoms with Gasteiger partial charge in [-0.05, 0) is 82.2 Å². The molecule has 0 unspecified atom stereocenters. The zero-order valence-electron chi connectivity index (χ0n) is 23.1. The van der Waals surface area contributed by atoms with E-state index in [0.29, 0.717) is 55.5 Å². The van der Waals surface area contributed by atoms with Gasteiger partial charge in [-0.3, -0.25) is 9.59 Å². The molecule has 3 aliphatic heterocycles. The smallest absolute Gasteiger partial charge is 0.254 e. The van der Waals surface area contributed by atoms with E-state index >= 15 is 0 Å². The van der Waals surface area contributed by atoms with Crippen molar-refractivity contribution >= 4 is 40.1 Å². The maximum Gasteiger partial charge on any atom is 0.254 e. The predicted octanol–water partition coefficient (Wildman–Crippen LogP) is 4.03. The van der Waals surface area contributed by atoms with E-state index in [2.05, 4.69) is 36.9 Å². The summed E-state index contributed by atoms with van der Waals surface area (Å²) < 4.78 is 0. The number of carbonyl (C=O) groups excluding carboxylic acids is 2. The second kappa shape index (κ2) is 9.24. The summed E-state index contributed by atoms with van der Waals surface area (Å²) in [5.41, 5.74) is 3.31. The van der Waals surface area contributed by atoms with Crippen LogP contribution in [0, 0.1) is 0 Å². The molecule has 4 fully saturated rings.